The van der Waals surface area contributed by atoms with Gasteiger partial charge < -0.3 is 18.6 Å². The molecule has 0 aliphatic carbocycles. The van der Waals surface area contributed by atoms with E-state index in [-0.39, 0.29) is 0 Å². The minimum atomic E-state index is -1.02. The van der Waals surface area contributed by atoms with Crippen LogP contribution in [-0.4, -0.2) is 43.7 Å². The van der Waals surface area contributed by atoms with Gasteiger partial charge in [0, 0.05) is 21.3 Å². The number of hydrogen-bond donors (Lipinski definition) is 0. The van der Waals surface area contributed by atoms with Crippen LogP contribution in [0.4, 0.5) is 0 Å². The van der Waals surface area contributed by atoms with E-state index in [0.717, 1.165) is 0 Å². The van der Waals surface area contributed by atoms with Crippen molar-refractivity contribution in [1.29, 1.82) is 0 Å². The summed E-state index contributed by atoms with van der Waals surface area (Å²) >= 11 is 0. The molecule has 0 N–H and O–H groups in total. The summed E-state index contributed by atoms with van der Waals surface area (Å²) < 4.78 is 21.4. The summed E-state index contributed by atoms with van der Waals surface area (Å²) in [4.78, 5) is 0. The van der Waals surface area contributed by atoms with Gasteiger partial charge in [0.15, 0.2) is 9.76 Å². The van der Waals surface area contributed by atoms with Crippen molar-refractivity contribution in [2.75, 3.05) is 27.9 Å². The topological polar surface area (TPSA) is 36.9 Å². The Morgan fingerprint density at radius 1 is 0.625 bits per heavy atom. The molecule has 0 aromatic carbocycles. The Kier molecular flexibility index (Phi) is 17.9. The van der Waals surface area contributed by atoms with Gasteiger partial charge in [-0.15, -0.1) is 0 Å². The van der Waals surface area contributed by atoms with Gasteiger partial charge in [-0.1, -0.05) is 84.0 Å². The van der Waals surface area contributed by atoms with Crippen molar-refractivity contribution < 1.29 is 18.6 Å². The molecule has 4 nitrogen and oxygen atoms in total. The van der Waals surface area contributed by atoms with Gasteiger partial charge in [0.1, 0.15) is 6.61 Å². The third-order valence-corrected chi connectivity index (χ3v) is 5.89. The summed E-state index contributed by atoms with van der Waals surface area (Å²) in [5, 5.41) is 0. The second-order valence-electron chi connectivity index (χ2n) is 6.59. The molecule has 0 fully saturated rings. The zero-order valence-corrected chi connectivity index (χ0v) is 18.2. The smallest absolute Gasteiger partial charge is 0.305 e. The fourth-order valence-electron chi connectivity index (χ4n) is 2.85. The van der Waals surface area contributed by atoms with Gasteiger partial charge in [-0.25, -0.2) is 0 Å². The Bertz CT molecular complexity index is 239. The van der Waals surface area contributed by atoms with E-state index in [1.165, 1.54) is 83.1 Å². The zero-order valence-electron chi connectivity index (χ0n) is 16.7. The maximum absolute atomic E-state index is 5.74. The third kappa shape index (κ3) is 13.4. The lowest BCUT2D eigenvalue weighted by Crippen LogP contribution is -2.41. The first-order valence-corrected chi connectivity index (χ1v) is 11.6. The molecule has 0 aliphatic heterocycles. The predicted molar refractivity (Wildman–Crippen MR) is 104 cm³/mol. The molecule has 0 saturated heterocycles. The Labute approximate surface area is 152 Å². The molecule has 0 rings (SSSR count). The van der Waals surface area contributed by atoms with E-state index in [1.807, 2.05) is 0 Å². The van der Waals surface area contributed by atoms with Crippen LogP contribution in [0, 0.1) is 0 Å². The van der Waals surface area contributed by atoms with Crippen LogP contribution in [0.5, 0.6) is 0 Å². The van der Waals surface area contributed by atoms with Crippen LogP contribution in [0.3, 0.4) is 0 Å². The summed E-state index contributed by atoms with van der Waals surface area (Å²) in [7, 11) is 4.22. The van der Waals surface area contributed by atoms with Crippen LogP contribution >= 0.6 is 0 Å². The number of unbranched alkanes of at least 4 members (excludes halogenated alkanes) is 11. The molecule has 5 heteroatoms. The standard InChI is InChI=1S/C19H42O4Si/c1-5-6-7-8-9-10-11-12-13-14-15-16-17-24-23-18-19(20-2,21-3)22-4/h5-18,24H2,1-4H3. The average molecular weight is 363 g/mol. The SMILES string of the molecule is CCCCCCCCCCCCCC[SiH2]OCC(OC)(OC)OC. The van der Waals surface area contributed by atoms with Gasteiger partial charge >= 0.3 is 5.97 Å². The zero-order chi connectivity index (χ0) is 17.9. The summed E-state index contributed by atoms with van der Waals surface area (Å²) in [6.07, 6.45) is 16.8. The summed E-state index contributed by atoms with van der Waals surface area (Å²) in [6.45, 7) is 2.64. The minimum absolute atomic E-state index is 0.362. The van der Waals surface area contributed by atoms with Crippen LogP contribution in [0.25, 0.3) is 0 Å². The summed E-state index contributed by atoms with van der Waals surface area (Å²) in [6, 6.07) is 1.23. The largest absolute Gasteiger partial charge is 0.416 e. The normalized spacial score (nSPS) is 12.5. The van der Waals surface area contributed by atoms with Gasteiger partial charge in [-0.3, -0.25) is 0 Å². The van der Waals surface area contributed by atoms with Crippen molar-refractivity contribution in [3.05, 3.63) is 0 Å². The number of methoxy groups -OCH3 is 3. The Morgan fingerprint density at radius 2 is 1.04 bits per heavy atom. The highest BCUT2D eigenvalue weighted by Crippen LogP contribution is 2.14. The lowest BCUT2D eigenvalue weighted by atomic mass is 10.1. The molecule has 0 amide bonds. The molecule has 0 saturated carbocycles. The molecule has 0 bridgehead atoms. The first kappa shape index (κ1) is 24.1. The molecule has 0 radical (unpaired) electrons. The molecule has 146 valence electrons. The minimum Gasteiger partial charge on any atom is -0.416 e. The quantitative estimate of drug-likeness (QED) is 0.188. The van der Waals surface area contributed by atoms with Crippen molar-refractivity contribution in [3.8, 4) is 0 Å². The van der Waals surface area contributed by atoms with Crippen LogP contribution < -0.4 is 0 Å². The molecule has 24 heavy (non-hydrogen) atoms. The molecule has 0 spiro atoms. The highest BCUT2D eigenvalue weighted by atomic mass is 28.2. The summed E-state index contributed by atoms with van der Waals surface area (Å²) in [5.41, 5.74) is 0. The second kappa shape index (κ2) is 17.9. The van der Waals surface area contributed by atoms with Crippen LogP contribution in [0.2, 0.25) is 6.04 Å². The van der Waals surface area contributed by atoms with Crippen molar-refractivity contribution >= 4 is 9.76 Å². The van der Waals surface area contributed by atoms with Gasteiger partial charge in [0.05, 0.1) is 0 Å². The third-order valence-electron chi connectivity index (χ3n) is 4.60. The van der Waals surface area contributed by atoms with E-state index in [9.17, 15) is 0 Å². The number of hydrogen-bond acceptors (Lipinski definition) is 4. The monoisotopic (exact) mass is 362 g/mol. The Hall–Kier alpha value is 0.0569. The summed E-state index contributed by atoms with van der Waals surface area (Å²) in [5.74, 6) is -1.02. The van der Waals surface area contributed by atoms with E-state index in [1.54, 1.807) is 21.3 Å². The molecule has 0 aromatic rings. The first-order valence-electron chi connectivity index (χ1n) is 9.98. The first-order chi connectivity index (χ1) is 11.7. The highest BCUT2D eigenvalue weighted by molar-refractivity contribution is 6.26. The maximum atomic E-state index is 5.74. The van der Waals surface area contributed by atoms with Crippen LogP contribution in [0.1, 0.15) is 84.0 Å². The van der Waals surface area contributed by atoms with Crippen molar-refractivity contribution in [2.24, 2.45) is 0 Å². The van der Waals surface area contributed by atoms with Crippen LogP contribution in [0.15, 0.2) is 0 Å². The van der Waals surface area contributed by atoms with Gasteiger partial charge in [-0.2, -0.15) is 0 Å². The fourth-order valence-corrected chi connectivity index (χ4v) is 4.00. The van der Waals surface area contributed by atoms with Gasteiger partial charge in [-0.05, 0) is 6.04 Å². The molecule has 0 atom stereocenters. The maximum Gasteiger partial charge on any atom is 0.305 e. The Morgan fingerprint density at radius 3 is 1.46 bits per heavy atom. The van der Waals surface area contributed by atoms with E-state index < -0.39 is 15.7 Å². The second-order valence-corrected chi connectivity index (χ2v) is 8.11. The molecule has 0 aromatic heterocycles. The predicted octanol–water partition coefficient (Wildman–Crippen LogP) is 4.80. The Balaban J connectivity index is 3.23. The van der Waals surface area contributed by atoms with Crippen LogP contribution in [-0.2, 0) is 18.6 Å². The van der Waals surface area contributed by atoms with Crippen molar-refractivity contribution in [2.45, 2.75) is 96.0 Å². The molecular weight excluding hydrogens is 320 g/mol. The molecular formula is C19H42O4Si. The number of rotatable bonds is 19. The van der Waals surface area contributed by atoms with Crippen molar-refractivity contribution in [1.82, 2.24) is 0 Å². The van der Waals surface area contributed by atoms with E-state index >= 15 is 0 Å². The van der Waals surface area contributed by atoms with Gasteiger partial charge in [0.2, 0.25) is 0 Å². The lowest BCUT2D eigenvalue weighted by molar-refractivity contribution is -0.361. The van der Waals surface area contributed by atoms with Crippen molar-refractivity contribution in [3.63, 3.8) is 0 Å². The highest BCUT2D eigenvalue weighted by Gasteiger charge is 2.29. The van der Waals surface area contributed by atoms with E-state index in [0.29, 0.717) is 6.61 Å². The van der Waals surface area contributed by atoms with Gasteiger partial charge in [0.25, 0.3) is 0 Å². The van der Waals surface area contributed by atoms with E-state index in [2.05, 4.69) is 6.92 Å². The molecule has 0 heterocycles. The van der Waals surface area contributed by atoms with E-state index in [4.69, 9.17) is 18.6 Å². The molecule has 0 unspecified atom stereocenters. The lowest BCUT2D eigenvalue weighted by Gasteiger charge is -2.28. The number of ether oxygens (including phenoxy) is 3. The molecule has 0 aliphatic rings. The fraction of sp³-hybridized carbons (Fsp3) is 1.00. The average Bonchev–Trinajstić information content (AvgIpc) is 2.62.